The summed E-state index contributed by atoms with van der Waals surface area (Å²) in [5.74, 6) is -0.576. The summed E-state index contributed by atoms with van der Waals surface area (Å²) in [5.41, 5.74) is -1.06. The first-order valence-electron chi connectivity index (χ1n) is 7.86. The van der Waals surface area contributed by atoms with Crippen molar-refractivity contribution in [2.24, 2.45) is 0 Å². The minimum Gasteiger partial charge on any atom is -0.465 e. The number of hydrogen-bond donors (Lipinski definition) is 2. The zero-order valence-electron chi connectivity index (χ0n) is 14.7. The van der Waals surface area contributed by atoms with Crippen LogP contribution in [0.3, 0.4) is 0 Å². The monoisotopic (exact) mass is 359 g/mol. The SMILES string of the molecule is C/C=C/[C@H](c1ccc(C(F)(F)F)cc1)[C@H](CO)N(C(=O)O)C(C)(C)C. The van der Waals surface area contributed by atoms with Gasteiger partial charge >= 0.3 is 12.3 Å². The van der Waals surface area contributed by atoms with Crippen molar-refractivity contribution in [3.63, 3.8) is 0 Å². The third-order valence-electron chi connectivity index (χ3n) is 3.88. The molecule has 140 valence electrons. The molecule has 0 bridgehead atoms. The summed E-state index contributed by atoms with van der Waals surface area (Å²) >= 11 is 0. The van der Waals surface area contributed by atoms with Crippen molar-refractivity contribution in [1.82, 2.24) is 4.90 Å². The van der Waals surface area contributed by atoms with Crippen LogP contribution in [0.15, 0.2) is 36.4 Å². The van der Waals surface area contributed by atoms with E-state index in [1.54, 1.807) is 39.8 Å². The molecule has 4 nitrogen and oxygen atoms in total. The highest BCUT2D eigenvalue weighted by Gasteiger charge is 2.37. The van der Waals surface area contributed by atoms with E-state index in [1.165, 1.54) is 12.1 Å². The van der Waals surface area contributed by atoms with Crippen molar-refractivity contribution in [1.29, 1.82) is 0 Å². The summed E-state index contributed by atoms with van der Waals surface area (Å²) in [6.45, 7) is 6.36. The molecule has 0 fully saturated rings. The lowest BCUT2D eigenvalue weighted by atomic mass is 9.87. The number of hydrogen-bond acceptors (Lipinski definition) is 2. The molecule has 0 aliphatic rings. The maximum absolute atomic E-state index is 12.7. The fourth-order valence-electron chi connectivity index (χ4n) is 2.85. The minimum atomic E-state index is -4.44. The molecule has 0 radical (unpaired) electrons. The number of carbonyl (C=O) groups is 1. The van der Waals surface area contributed by atoms with E-state index >= 15 is 0 Å². The number of aliphatic hydroxyl groups excluding tert-OH is 1. The fraction of sp³-hybridized carbons (Fsp3) is 0.500. The zero-order valence-corrected chi connectivity index (χ0v) is 14.7. The van der Waals surface area contributed by atoms with Crippen molar-refractivity contribution in [2.45, 2.75) is 51.4 Å². The second-order valence-electron chi connectivity index (χ2n) is 6.74. The van der Waals surface area contributed by atoms with Crippen LogP contribution in [-0.2, 0) is 6.18 Å². The Morgan fingerprint density at radius 1 is 1.20 bits per heavy atom. The highest BCUT2D eigenvalue weighted by Crippen LogP contribution is 2.33. The first kappa shape index (κ1) is 21.0. The molecule has 1 aromatic rings. The molecule has 1 rings (SSSR count). The van der Waals surface area contributed by atoms with E-state index in [9.17, 15) is 28.2 Å². The molecule has 7 heteroatoms. The molecule has 25 heavy (non-hydrogen) atoms. The number of benzene rings is 1. The molecule has 0 heterocycles. The Kier molecular flexibility index (Phi) is 6.65. The summed E-state index contributed by atoms with van der Waals surface area (Å²) in [5, 5.41) is 19.4. The van der Waals surface area contributed by atoms with Gasteiger partial charge in [-0.3, -0.25) is 4.90 Å². The van der Waals surface area contributed by atoms with Crippen molar-refractivity contribution in [3.05, 3.63) is 47.5 Å². The maximum atomic E-state index is 12.7. The summed E-state index contributed by atoms with van der Waals surface area (Å²) in [6.07, 6.45) is -2.27. The summed E-state index contributed by atoms with van der Waals surface area (Å²) in [7, 11) is 0. The smallest absolute Gasteiger partial charge is 0.416 e. The number of amides is 1. The van der Waals surface area contributed by atoms with Crippen LogP contribution in [-0.4, -0.2) is 39.4 Å². The third kappa shape index (κ3) is 5.22. The van der Waals surface area contributed by atoms with Crippen molar-refractivity contribution >= 4 is 6.09 Å². The van der Waals surface area contributed by atoms with E-state index in [4.69, 9.17) is 0 Å². The number of halogens is 3. The van der Waals surface area contributed by atoms with E-state index < -0.39 is 41.9 Å². The molecule has 0 aliphatic heterocycles. The van der Waals surface area contributed by atoms with Crippen LogP contribution in [0.1, 0.15) is 44.7 Å². The second kappa shape index (κ2) is 7.91. The van der Waals surface area contributed by atoms with E-state index in [-0.39, 0.29) is 0 Å². The van der Waals surface area contributed by atoms with Gasteiger partial charge in [0.1, 0.15) is 0 Å². The van der Waals surface area contributed by atoms with Crippen molar-refractivity contribution in [2.75, 3.05) is 6.61 Å². The zero-order chi connectivity index (χ0) is 19.4. The molecule has 0 aliphatic carbocycles. The highest BCUT2D eigenvalue weighted by atomic mass is 19.4. The highest BCUT2D eigenvalue weighted by molar-refractivity contribution is 5.67. The summed E-state index contributed by atoms with van der Waals surface area (Å²) in [4.78, 5) is 12.8. The van der Waals surface area contributed by atoms with Gasteiger partial charge in [-0.1, -0.05) is 24.3 Å². The van der Waals surface area contributed by atoms with Crippen LogP contribution in [0.4, 0.5) is 18.0 Å². The Bertz CT molecular complexity index is 603. The molecule has 0 unspecified atom stereocenters. The molecule has 1 amide bonds. The predicted octanol–water partition coefficient (Wildman–Crippen LogP) is 4.50. The van der Waals surface area contributed by atoms with E-state index in [2.05, 4.69) is 0 Å². The van der Waals surface area contributed by atoms with Gasteiger partial charge in [0.05, 0.1) is 18.2 Å². The van der Waals surface area contributed by atoms with Crippen molar-refractivity contribution in [3.8, 4) is 0 Å². The van der Waals surface area contributed by atoms with Gasteiger partial charge in [0, 0.05) is 11.5 Å². The number of aliphatic hydroxyl groups is 1. The van der Waals surface area contributed by atoms with Gasteiger partial charge in [0.2, 0.25) is 0 Å². The second-order valence-corrected chi connectivity index (χ2v) is 6.74. The van der Waals surface area contributed by atoms with Gasteiger partial charge in [0.15, 0.2) is 0 Å². The van der Waals surface area contributed by atoms with Crippen LogP contribution in [0.2, 0.25) is 0 Å². The number of carboxylic acid groups (broad SMARTS) is 1. The molecular weight excluding hydrogens is 335 g/mol. The average Bonchev–Trinajstić information content (AvgIpc) is 2.48. The third-order valence-corrected chi connectivity index (χ3v) is 3.88. The number of allylic oxidation sites excluding steroid dienone is 1. The van der Waals surface area contributed by atoms with Gasteiger partial charge in [0.25, 0.3) is 0 Å². The average molecular weight is 359 g/mol. The van der Waals surface area contributed by atoms with Crippen LogP contribution >= 0.6 is 0 Å². The fourth-order valence-corrected chi connectivity index (χ4v) is 2.85. The topological polar surface area (TPSA) is 60.8 Å². The lowest BCUT2D eigenvalue weighted by molar-refractivity contribution is -0.137. The van der Waals surface area contributed by atoms with Crippen LogP contribution in [0.5, 0.6) is 0 Å². The van der Waals surface area contributed by atoms with Crippen LogP contribution < -0.4 is 0 Å². The molecule has 1 aromatic carbocycles. The van der Waals surface area contributed by atoms with Crippen LogP contribution in [0, 0.1) is 0 Å². The first-order valence-corrected chi connectivity index (χ1v) is 7.86. The molecule has 0 spiro atoms. The Morgan fingerprint density at radius 3 is 2.04 bits per heavy atom. The van der Waals surface area contributed by atoms with E-state index in [0.717, 1.165) is 17.0 Å². The van der Waals surface area contributed by atoms with Crippen molar-refractivity contribution < 1.29 is 28.2 Å². The number of alkyl halides is 3. The van der Waals surface area contributed by atoms with Gasteiger partial charge in [-0.25, -0.2) is 4.79 Å². The predicted molar refractivity (Wildman–Crippen MR) is 89.5 cm³/mol. The Hall–Kier alpha value is -2.02. The standard InChI is InChI=1S/C18H24F3NO3/c1-5-6-14(12-7-9-13(10-8-12)18(19,20)21)15(11-23)22(16(24)25)17(2,3)4/h5-10,14-15,23H,11H2,1-4H3,(H,24,25)/b6-5+/t14-,15+/m1/s1. The largest absolute Gasteiger partial charge is 0.465 e. The first-order chi connectivity index (χ1) is 11.4. The normalized spacial score (nSPS) is 15.2. The lowest BCUT2D eigenvalue weighted by Crippen LogP contribution is -2.54. The minimum absolute atomic E-state index is 0.459. The molecular formula is C18H24F3NO3. The number of nitrogens with zero attached hydrogens (tertiary/aromatic N) is 1. The lowest BCUT2D eigenvalue weighted by Gasteiger charge is -2.41. The maximum Gasteiger partial charge on any atom is 0.416 e. The molecule has 2 N–H and O–H groups in total. The van der Waals surface area contributed by atoms with E-state index in [0.29, 0.717) is 5.56 Å². The molecule has 0 saturated carbocycles. The Labute approximate surface area is 145 Å². The Balaban J connectivity index is 3.34. The Morgan fingerprint density at radius 2 is 1.72 bits per heavy atom. The van der Waals surface area contributed by atoms with Gasteiger partial charge in [-0.05, 0) is 45.4 Å². The molecule has 0 saturated heterocycles. The molecule has 2 atom stereocenters. The molecule has 0 aromatic heterocycles. The number of rotatable bonds is 5. The van der Waals surface area contributed by atoms with E-state index in [1.807, 2.05) is 0 Å². The van der Waals surface area contributed by atoms with Gasteiger partial charge in [-0.2, -0.15) is 13.2 Å². The van der Waals surface area contributed by atoms with Crippen LogP contribution in [0.25, 0.3) is 0 Å². The summed E-state index contributed by atoms with van der Waals surface area (Å²) < 4.78 is 38.2. The van der Waals surface area contributed by atoms with Gasteiger partial charge < -0.3 is 10.2 Å². The quantitative estimate of drug-likeness (QED) is 0.761. The van der Waals surface area contributed by atoms with Gasteiger partial charge in [-0.15, -0.1) is 0 Å². The summed E-state index contributed by atoms with van der Waals surface area (Å²) in [6, 6.07) is 3.73.